The van der Waals surface area contributed by atoms with Gasteiger partial charge in [-0.1, -0.05) is 44.2 Å². The summed E-state index contributed by atoms with van der Waals surface area (Å²) in [6.07, 6.45) is 1.72. The Balaban J connectivity index is 1.37. The highest BCUT2D eigenvalue weighted by atomic mass is 16.1. The van der Waals surface area contributed by atoms with Crippen molar-refractivity contribution in [3.63, 3.8) is 0 Å². The van der Waals surface area contributed by atoms with Crippen LogP contribution < -0.4 is 10.9 Å². The molecule has 2 aromatic heterocycles. The first kappa shape index (κ1) is 20.8. The van der Waals surface area contributed by atoms with Gasteiger partial charge in [0.2, 0.25) is 5.91 Å². The molecule has 0 saturated heterocycles. The Morgan fingerprint density at radius 3 is 2.65 bits per heavy atom. The van der Waals surface area contributed by atoms with Crippen molar-refractivity contribution in [1.29, 1.82) is 0 Å². The van der Waals surface area contributed by atoms with Crippen LogP contribution in [0.4, 0.5) is 0 Å². The molecule has 0 bridgehead atoms. The predicted molar refractivity (Wildman–Crippen MR) is 122 cm³/mol. The molecular weight excluding hydrogens is 390 g/mol. The molecule has 7 heteroatoms. The van der Waals surface area contributed by atoms with E-state index in [1.807, 2.05) is 30.3 Å². The summed E-state index contributed by atoms with van der Waals surface area (Å²) in [6, 6.07) is 15.4. The summed E-state index contributed by atoms with van der Waals surface area (Å²) in [5.41, 5.74) is 2.50. The fourth-order valence-corrected chi connectivity index (χ4v) is 3.88. The average molecular weight is 418 g/mol. The molecule has 7 nitrogen and oxygen atoms in total. The first-order valence-corrected chi connectivity index (χ1v) is 10.7. The zero-order valence-electron chi connectivity index (χ0n) is 17.9. The summed E-state index contributed by atoms with van der Waals surface area (Å²) in [6.45, 7) is 5.89. The fourth-order valence-electron chi connectivity index (χ4n) is 3.88. The minimum Gasteiger partial charge on any atom is -0.356 e. The second-order valence-electron chi connectivity index (χ2n) is 8.20. The van der Waals surface area contributed by atoms with Gasteiger partial charge in [0.1, 0.15) is 5.82 Å². The molecule has 0 aliphatic heterocycles. The van der Waals surface area contributed by atoms with E-state index in [1.54, 1.807) is 12.1 Å². The van der Waals surface area contributed by atoms with Crippen LogP contribution in [0.3, 0.4) is 0 Å². The number of aryl methyl sites for hydroxylation is 1. The van der Waals surface area contributed by atoms with E-state index < -0.39 is 0 Å². The number of nitrogens with one attached hydrogen (secondary N) is 2. The van der Waals surface area contributed by atoms with Gasteiger partial charge in [0.05, 0.1) is 28.5 Å². The van der Waals surface area contributed by atoms with Crippen LogP contribution in [0.1, 0.15) is 31.8 Å². The lowest BCUT2D eigenvalue weighted by molar-refractivity contribution is -0.120. The quantitative estimate of drug-likeness (QED) is 0.431. The van der Waals surface area contributed by atoms with Crippen LogP contribution in [0.2, 0.25) is 0 Å². The van der Waals surface area contributed by atoms with E-state index in [9.17, 15) is 9.59 Å². The largest absolute Gasteiger partial charge is 0.356 e. The number of fused-ring (bicyclic) bond motifs is 2. The minimum absolute atomic E-state index is 0.111. The number of benzene rings is 2. The summed E-state index contributed by atoms with van der Waals surface area (Å²) in [5, 5.41) is 10.8. The Morgan fingerprint density at radius 2 is 1.84 bits per heavy atom. The van der Waals surface area contributed by atoms with Crippen molar-refractivity contribution in [2.75, 3.05) is 6.54 Å². The van der Waals surface area contributed by atoms with E-state index >= 15 is 0 Å². The van der Waals surface area contributed by atoms with Crippen molar-refractivity contribution in [2.45, 2.75) is 39.7 Å². The zero-order valence-corrected chi connectivity index (χ0v) is 17.9. The third-order valence-electron chi connectivity index (χ3n) is 5.28. The fraction of sp³-hybridized carbons (Fsp3) is 0.333. The number of aromatic amines is 1. The first-order valence-electron chi connectivity index (χ1n) is 10.7. The van der Waals surface area contributed by atoms with Crippen molar-refractivity contribution in [2.24, 2.45) is 5.92 Å². The number of rotatable bonds is 8. The highest BCUT2D eigenvalue weighted by Gasteiger charge is 2.13. The average Bonchev–Trinajstić information content (AvgIpc) is 3.10. The molecule has 160 valence electrons. The topological polar surface area (TPSA) is 92.7 Å². The van der Waals surface area contributed by atoms with Gasteiger partial charge in [-0.05, 0) is 30.5 Å². The molecule has 0 fully saturated rings. The lowest BCUT2D eigenvalue weighted by Crippen LogP contribution is -2.27. The molecule has 0 radical (unpaired) electrons. The first-order chi connectivity index (χ1) is 15.0. The lowest BCUT2D eigenvalue weighted by Gasteiger charge is -2.12. The van der Waals surface area contributed by atoms with Gasteiger partial charge in [-0.2, -0.15) is 5.10 Å². The van der Waals surface area contributed by atoms with E-state index in [1.165, 1.54) is 0 Å². The predicted octanol–water partition coefficient (Wildman–Crippen LogP) is 3.22. The number of hydrogen-bond acceptors (Lipinski definition) is 4. The number of amides is 1. The molecule has 0 atom stereocenters. The van der Waals surface area contributed by atoms with Gasteiger partial charge in [0.25, 0.3) is 5.56 Å². The van der Waals surface area contributed by atoms with E-state index in [2.05, 4.69) is 40.0 Å². The number of aromatic nitrogens is 4. The number of carbonyl (C=O) groups is 1. The molecule has 4 rings (SSSR count). The van der Waals surface area contributed by atoms with Crippen LogP contribution in [0, 0.1) is 5.92 Å². The maximum atomic E-state index is 12.4. The van der Waals surface area contributed by atoms with Crippen molar-refractivity contribution < 1.29 is 4.79 Å². The van der Waals surface area contributed by atoms with Crippen LogP contribution in [-0.2, 0) is 24.2 Å². The standard InChI is InChI=1S/C24H27N5O2/c1-16(2)15-29-21-11-6-5-10-19(21)26-22(29)12-7-13-25-23(30)14-20-17-8-3-4-9-18(17)24(31)28-27-20/h3-6,8-11,16H,7,12-15H2,1-2H3,(H,25,30)(H,28,31). The van der Waals surface area contributed by atoms with Crippen LogP contribution in [0.5, 0.6) is 0 Å². The third-order valence-corrected chi connectivity index (χ3v) is 5.28. The van der Waals surface area contributed by atoms with Crippen LogP contribution in [-0.4, -0.2) is 32.2 Å². The van der Waals surface area contributed by atoms with Gasteiger partial charge < -0.3 is 9.88 Å². The molecule has 0 spiro atoms. The maximum absolute atomic E-state index is 12.4. The van der Waals surface area contributed by atoms with E-state index in [0.29, 0.717) is 28.9 Å². The number of para-hydroxylation sites is 2. The zero-order chi connectivity index (χ0) is 21.8. The maximum Gasteiger partial charge on any atom is 0.272 e. The molecule has 31 heavy (non-hydrogen) atoms. The van der Waals surface area contributed by atoms with Crippen LogP contribution in [0.25, 0.3) is 21.8 Å². The summed E-state index contributed by atoms with van der Waals surface area (Å²) >= 11 is 0. The molecule has 0 unspecified atom stereocenters. The van der Waals surface area contributed by atoms with Crippen LogP contribution in [0.15, 0.2) is 53.3 Å². The number of carbonyl (C=O) groups excluding carboxylic acids is 1. The minimum atomic E-state index is -0.246. The van der Waals surface area contributed by atoms with Gasteiger partial charge in [0, 0.05) is 24.9 Å². The number of H-pyrrole nitrogens is 1. The van der Waals surface area contributed by atoms with Crippen molar-refractivity contribution >= 4 is 27.7 Å². The van der Waals surface area contributed by atoms with Crippen molar-refractivity contribution in [1.82, 2.24) is 25.1 Å². The molecule has 2 heterocycles. The van der Waals surface area contributed by atoms with Crippen molar-refractivity contribution in [3.05, 3.63) is 70.4 Å². The summed E-state index contributed by atoms with van der Waals surface area (Å²) in [4.78, 5) is 29.1. The van der Waals surface area contributed by atoms with Crippen molar-refractivity contribution in [3.8, 4) is 0 Å². The van der Waals surface area contributed by atoms with E-state index in [0.717, 1.165) is 36.2 Å². The normalized spacial score (nSPS) is 11.5. The molecule has 0 aliphatic carbocycles. The molecule has 0 saturated carbocycles. The Bertz CT molecular complexity index is 1270. The molecule has 2 aromatic carbocycles. The Hall–Kier alpha value is -3.48. The highest BCUT2D eigenvalue weighted by molar-refractivity contribution is 5.88. The second kappa shape index (κ2) is 9.12. The number of nitrogens with zero attached hydrogens (tertiary/aromatic N) is 3. The summed E-state index contributed by atoms with van der Waals surface area (Å²) in [5.74, 6) is 1.47. The van der Waals surface area contributed by atoms with Gasteiger partial charge in [-0.25, -0.2) is 10.1 Å². The monoisotopic (exact) mass is 417 g/mol. The second-order valence-corrected chi connectivity index (χ2v) is 8.20. The molecule has 1 amide bonds. The van der Waals surface area contributed by atoms with Gasteiger partial charge in [-0.15, -0.1) is 0 Å². The lowest BCUT2D eigenvalue weighted by atomic mass is 10.1. The summed E-state index contributed by atoms with van der Waals surface area (Å²) in [7, 11) is 0. The number of imidazole rings is 1. The molecule has 2 N–H and O–H groups in total. The number of hydrogen-bond donors (Lipinski definition) is 2. The highest BCUT2D eigenvalue weighted by Crippen LogP contribution is 2.19. The molecule has 4 aromatic rings. The Kier molecular flexibility index (Phi) is 6.11. The Morgan fingerprint density at radius 1 is 1.10 bits per heavy atom. The van der Waals surface area contributed by atoms with Gasteiger partial charge >= 0.3 is 0 Å². The van der Waals surface area contributed by atoms with E-state index in [-0.39, 0.29) is 17.9 Å². The van der Waals surface area contributed by atoms with Gasteiger partial charge in [-0.3, -0.25) is 9.59 Å². The summed E-state index contributed by atoms with van der Waals surface area (Å²) < 4.78 is 2.29. The molecular formula is C24H27N5O2. The SMILES string of the molecule is CC(C)Cn1c(CCCNC(=O)Cc2n[nH]c(=O)c3ccccc23)nc2ccccc21. The van der Waals surface area contributed by atoms with Gasteiger partial charge in [0.15, 0.2) is 0 Å². The molecule has 0 aliphatic rings. The van der Waals surface area contributed by atoms with E-state index in [4.69, 9.17) is 4.98 Å². The van der Waals surface area contributed by atoms with Crippen LogP contribution >= 0.6 is 0 Å². The third kappa shape index (κ3) is 4.66. The Labute approximate surface area is 180 Å². The smallest absolute Gasteiger partial charge is 0.272 e.